The van der Waals surface area contributed by atoms with Gasteiger partial charge in [0.15, 0.2) is 0 Å². The fourth-order valence-corrected chi connectivity index (χ4v) is 7.63. The molecule has 0 saturated heterocycles. The van der Waals surface area contributed by atoms with E-state index in [4.69, 9.17) is 0 Å². The van der Waals surface area contributed by atoms with E-state index in [1.807, 2.05) is 0 Å². The molecule has 2 heteroatoms. The Balaban J connectivity index is 1.81. The molecule has 4 rings (SSSR count). The van der Waals surface area contributed by atoms with Gasteiger partial charge in [-0.05, 0) is 61.7 Å². The first-order valence-electron chi connectivity index (χ1n) is 7.01. The Labute approximate surface area is 103 Å². The van der Waals surface area contributed by atoms with Gasteiger partial charge in [0.05, 0.1) is 0 Å². The first-order chi connectivity index (χ1) is 7.44. The summed E-state index contributed by atoms with van der Waals surface area (Å²) in [5.41, 5.74) is 0.705. The molecule has 4 bridgehead atoms. The van der Waals surface area contributed by atoms with Crippen molar-refractivity contribution in [1.29, 1.82) is 0 Å². The van der Waals surface area contributed by atoms with Crippen LogP contribution in [-0.4, -0.2) is 13.5 Å². The average molecular weight is 252 g/mol. The maximum atomic E-state index is 2.78. The van der Waals surface area contributed by atoms with Gasteiger partial charge in [-0.3, -0.25) is 0 Å². The predicted molar refractivity (Wildman–Crippen MR) is 76.9 cm³/mol. The molecule has 4 aliphatic carbocycles. The van der Waals surface area contributed by atoms with Crippen LogP contribution in [0.2, 0.25) is 19.6 Å². The Bertz CT molecular complexity index is 278. The highest BCUT2D eigenvalue weighted by atomic mass is 31.3. The van der Waals surface area contributed by atoms with Crippen LogP contribution in [-0.2, 0) is 0 Å². The molecule has 0 N–H and O–H groups in total. The van der Waals surface area contributed by atoms with Gasteiger partial charge in [0.2, 0.25) is 0 Å². The summed E-state index contributed by atoms with van der Waals surface area (Å²) in [6, 6.07) is 0. The zero-order chi connectivity index (χ0) is 11.4. The summed E-state index contributed by atoms with van der Waals surface area (Å²) in [5.74, 6) is 6.11. The fourth-order valence-electron chi connectivity index (χ4n) is 4.67. The van der Waals surface area contributed by atoms with Crippen molar-refractivity contribution >= 4 is 21.3 Å². The molecule has 0 nitrogen and oxygen atoms in total. The third kappa shape index (κ3) is 2.18. The highest BCUT2D eigenvalue weighted by Crippen LogP contribution is 2.59. The second-order valence-electron chi connectivity index (χ2n) is 7.71. The lowest BCUT2D eigenvalue weighted by atomic mass is 9.50. The molecule has 4 fully saturated rings. The first kappa shape index (κ1) is 11.5. The van der Waals surface area contributed by atoms with Crippen molar-refractivity contribution in [2.24, 2.45) is 23.2 Å². The molecule has 0 heterocycles. The average Bonchev–Trinajstić information content (AvgIpc) is 2.11. The molecule has 4 aliphatic rings. The molecular formula is C14H25PSi. The van der Waals surface area contributed by atoms with Crippen LogP contribution in [0.15, 0.2) is 0 Å². The summed E-state index contributed by atoms with van der Waals surface area (Å²) in [6.45, 7) is 7.52. The Hall–Kier alpha value is 0.387. The molecule has 90 valence electrons. The highest BCUT2D eigenvalue weighted by Gasteiger charge is 2.49. The van der Waals surface area contributed by atoms with Gasteiger partial charge in [0.25, 0.3) is 0 Å². The fraction of sp³-hybridized carbons (Fsp3) is 0.929. The molecule has 0 radical (unpaired) electrons. The SMILES string of the molecule is C[Si](C)(C)P=CC12CC3CC(CC(C3)C1)C2. The maximum absolute atomic E-state index is 2.78. The molecule has 4 saturated carbocycles. The van der Waals surface area contributed by atoms with Gasteiger partial charge in [-0.15, -0.1) is 7.75 Å². The molecular weight excluding hydrogens is 227 g/mol. The molecule has 0 atom stereocenters. The van der Waals surface area contributed by atoms with E-state index in [1.54, 1.807) is 46.3 Å². The van der Waals surface area contributed by atoms with E-state index in [1.165, 1.54) is 0 Å². The normalized spacial score (nSPS) is 46.8. The molecule has 0 aromatic carbocycles. The molecule has 0 spiro atoms. The summed E-state index contributed by atoms with van der Waals surface area (Å²) in [4.78, 5) is 0. The van der Waals surface area contributed by atoms with Crippen molar-refractivity contribution in [1.82, 2.24) is 0 Å². The van der Waals surface area contributed by atoms with E-state index < -0.39 is 7.74 Å². The molecule has 0 aliphatic heterocycles. The summed E-state index contributed by atoms with van der Waals surface area (Å²) in [5, 5.41) is 0. The van der Waals surface area contributed by atoms with E-state index in [0.717, 1.165) is 17.8 Å². The van der Waals surface area contributed by atoms with Crippen molar-refractivity contribution in [2.75, 3.05) is 0 Å². The van der Waals surface area contributed by atoms with Crippen LogP contribution in [0, 0.1) is 23.2 Å². The van der Waals surface area contributed by atoms with E-state index in [2.05, 4.69) is 25.4 Å². The second kappa shape index (κ2) is 3.69. The van der Waals surface area contributed by atoms with Gasteiger partial charge in [0.1, 0.15) is 7.74 Å². The van der Waals surface area contributed by atoms with Crippen molar-refractivity contribution in [3.8, 4) is 0 Å². The van der Waals surface area contributed by atoms with Crippen LogP contribution < -0.4 is 0 Å². The van der Waals surface area contributed by atoms with Crippen LogP contribution in [0.4, 0.5) is 0 Å². The molecule has 0 unspecified atom stereocenters. The Morgan fingerprint density at radius 3 is 1.75 bits per heavy atom. The smallest absolute Gasteiger partial charge is 0.102 e. The molecule has 0 aromatic rings. The van der Waals surface area contributed by atoms with Gasteiger partial charge >= 0.3 is 0 Å². The number of rotatable bonds is 2. The van der Waals surface area contributed by atoms with E-state index in [9.17, 15) is 0 Å². The Morgan fingerprint density at radius 2 is 1.38 bits per heavy atom. The topological polar surface area (TPSA) is 0 Å². The van der Waals surface area contributed by atoms with Crippen LogP contribution in [0.3, 0.4) is 0 Å². The van der Waals surface area contributed by atoms with Gasteiger partial charge in [-0.1, -0.05) is 25.4 Å². The third-order valence-corrected chi connectivity index (χ3v) is 8.97. The van der Waals surface area contributed by atoms with Gasteiger partial charge in [-0.25, -0.2) is 0 Å². The van der Waals surface area contributed by atoms with Crippen molar-refractivity contribution in [3.63, 3.8) is 0 Å². The van der Waals surface area contributed by atoms with Crippen molar-refractivity contribution in [3.05, 3.63) is 0 Å². The van der Waals surface area contributed by atoms with Gasteiger partial charge < -0.3 is 0 Å². The summed E-state index contributed by atoms with van der Waals surface area (Å²) >= 11 is 0. The van der Waals surface area contributed by atoms with Crippen LogP contribution in [0.1, 0.15) is 38.5 Å². The number of hydrogen-bond donors (Lipinski definition) is 0. The third-order valence-electron chi connectivity index (χ3n) is 4.81. The first-order valence-corrected chi connectivity index (χ1v) is 12.3. The number of hydrogen-bond acceptors (Lipinski definition) is 0. The van der Waals surface area contributed by atoms with Gasteiger partial charge in [0, 0.05) is 0 Å². The van der Waals surface area contributed by atoms with Crippen LogP contribution in [0.5, 0.6) is 0 Å². The second-order valence-corrected chi connectivity index (χ2v) is 17.4. The summed E-state index contributed by atoms with van der Waals surface area (Å²) in [7, 11) is 0.824. The van der Waals surface area contributed by atoms with Gasteiger partial charge in [-0.2, -0.15) is 0 Å². The lowest BCUT2D eigenvalue weighted by Gasteiger charge is -2.55. The van der Waals surface area contributed by atoms with Crippen molar-refractivity contribution in [2.45, 2.75) is 58.2 Å². The minimum atomic E-state index is -0.893. The lowest BCUT2D eigenvalue weighted by Crippen LogP contribution is -2.46. The van der Waals surface area contributed by atoms with Crippen LogP contribution >= 0.6 is 7.75 Å². The van der Waals surface area contributed by atoms with E-state index >= 15 is 0 Å². The molecule has 16 heavy (non-hydrogen) atoms. The highest BCUT2D eigenvalue weighted by molar-refractivity contribution is 7.80. The summed E-state index contributed by atoms with van der Waals surface area (Å²) < 4.78 is 0. The minimum Gasteiger partial charge on any atom is -0.131 e. The monoisotopic (exact) mass is 252 g/mol. The zero-order valence-corrected chi connectivity index (χ0v) is 12.9. The molecule has 0 amide bonds. The quantitative estimate of drug-likeness (QED) is 0.490. The summed E-state index contributed by atoms with van der Waals surface area (Å²) in [6.07, 6.45) is 9.40. The standard InChI is InChI=1S/C14H25PSi/c1-16(2,3)15-10-14-7-11-4-12(8-14)6-13(5-11)9-14/h10-13H,4-9H2,1-3H3. The zero-order valence-electron chi connectivity index (χ0n) is 11.0. The molecule has 0 aromatic heterocycles. The largest absolute Gasteiger partial charge is 0.131 e. The maximum Gasteiger partial charge on any atom is 0.102 e. The Kier molecular flexibility index (Phi) is 2.65. The lowest BCUT2D eigenvalue weighted by molar-refractivity contribution is -0.00854. The van der Waals surface area contributed by atoms with Crippen molar-refractivity contribution < 1.29 is 0 Å². The van der Waals surface area contributed by atoms with Crippen LogP contribution in [0.25, 0.3) is 0 Å². The Morgan fingerprint density at radius 1 is 0.938 bits per heavy atom. The minimum absolute atomic E-state index is 0.705. The van der Waals surface area contributed by atoms with E-state index in [-0.39, 0.29) is 0 Å². The van der Waals surface area contributed by atoms with E-state index in [0.29, 0.717) is 5.41 Å². The predicted octanol–water partition coefficient (Wildman–Crippen LogP) is 4.79.